The molecule has 0 atom stereocenters. The van der Waals surface area contributed by atoms with Crippen molar-refractivity contribution in [3.05, 3.63) is 103 Å². The monoisotopic (exact) mass is 418 g/mol. The number of rotatable bonds is 6. The van der Waals surface area contributed by atoms with E-state index in [2.05, 4.69) is 15.1 Å². The van der Waals surface area contributed by atoms with Crippen molar-refractivity contribution in [2.24, 2.45) is 0 Å². The van der Waals surface area contributed by atoms with Crippen LogP contribution in [0.5, 0.6) is 0 Å². The minimum atomic E-state index is -3.68. The molecule has 4 aromatic rings. The molecule has 0 aliphatic carbocycles. The third-order valence-electron chi connectivity index (χ3n) is 4.30. The number of anilines is 2. The number of aromatic nitrogens is 2. The maximum Gasteiger partial charge on any atom is 0.261 e. The molecule has 0 saturated carbocycles. The molecule has 0 fully saturated rings. The molecule has 1 heterocycles. The minimum absolute atomic E-state index is 0.167. The SMILES string of the molecule is O=C(Nc1ccn(-c2ccccc2)n1)c1ccc(NS(=O)(=O)c2ccccc2)cc1. The van der Waals surface area contributed by atoms with Gasteiger partial charge < -0.3 is 5.32 Å². The number of hydrogen-bond acceptors (Lipinski definition) is 4. The molecule has 0 unspecified atom stereocenters. The van der Waals surface area contributed by atoms with Crippen molar-refractivity contribution in [1.29, 1.82) is 0 Å². The summed E-state index contributed by atoms with van der Waals surface area (Å²) in [6, 6.07) is 25.5. The molecule has 0 spiro atoms. The van der Waals surface area contributed by atoms with E-state index < -0.39 is 10.0 Å². The summed E-state index contributed by atoms with van der Waals surface area (Å²) in [5.74, 6) is 0.0727. The summed E-state index contributed by atoms with van der Waals surface area (Å²) < 4.78 is 28.9. The van der Waals surface area contributed by atoms with Gasteiger partial charge in [-0.05, 0) is 48.5 Å². The lowest BCUT2D eigenvalue weighted by atomic mass is 10.2. The summed E-state index contributed by atoms with van der Waals surface area (Å²) in [6.45, 7) is 0. The van der Waals surface area contributed by atoms with Crippen molar-refractivity contribution in [3.8, 4) is 5.69 Å². The number of sulfonamides is 1. The number of hydrogen-bond donors (Lipinski definition) is 2. The Balaban J connectivity index is 1.43. The van der Waals surface area contributed by atoms with Crippen LogP contribution in [0.3, 0.4) is 0 Å². The number of carbonyl (C=O) groups excluding carboxylic acids is 1. The molecule has 0 aliphatic heterocycles. The maximum atomic E-state index is 12.5. The van der Waals surface area contributed by atoms with E-state index in [0.717, 1.165) is 5.69 Å². The molecule has 3 aromatic carbocycles. The number of carbonyl (C=O) groups is 1. The van der Waals surface area contributed by atoms with Crippen molar-refractivity contribution < 1.29 is 13.2 Å². The topological polar surface area (TPSA) is 93.1 Å². The molecule has 1 amide bonds. The van der Waals surface area contributed by atoms with Crippen LogP contribution in [0.4, 0.5) is 11.5 Å². The van der Waals surface area contributed by atoms with Crippen molar-refractivity contribution in [2.75, 3.05) is 10.0 Å². The summed E-state index contributed by atoms with van der Waals surface area (Å²) in [5, 5.41) is 7.07. The van der Waals surface area contributed by atoms with Crippen LogP contribution in [-0.4, -0.2) is 24.1 Å². The number of nitrogens with zero attached hydrogens (tertiary/aromatic N) is 2. The second-order valence-corrected chi connectivity index (χ2v) is 8.11. The van der Waals surface area contributed by atoms with Gasteiger partial charge in [0.25, 0.3) is 15.9 Å². The van der Waals surface area contributed by atoms with Crippen molar-refractivity contribution in [2.45, 2.75) is 4.90 Å². The van der Waals surface area contributed by atoms with Crippen molar-refractivity contribution in [3.63, 3.8) is 0 Å². The largest absolute Gasteiger partial charge is 0.305 e. The van der Waals surface area contributed by atoms with Gasteiger partial charge >= 0.3 is 0 Å². The van der Waals surface area contributed by atoms with Gasteiger partial charge in [0.1, 0.15) is 0 Å². The predicted molar refractivity (Wildman–Crippen MR) is 115 cm³/mol. The second kappa shape index (κ2) is 8.22. The molecule has 7 nitrogen and oxygen atoms in total. The molecule has 8 heteroatoms. The van der Waals surface area contributed by atoms with Crippen LogP contribution in [0, 0.1) is 0 Å². The van der Waals surface area contributed by atoms with Crippen LogP contribution in [0.25, 0.3) is 5.69 Å². The summed E-state index contributed by atoms with van der Waals surface area (Å²) in [4.78, 5) is 12.6. The highest BCUT2D eigenvalue weighted by molar-refractivity contribution is 7.92. The zero-order valence-corrected chi connectivity index (χ0v) is 16.6. The Morgan fingerprint density at radius 2 is 1.43 bits per heavy atom. The van der Waals surface area contributed by atoms with E-state index in [1.807, 2.05) is 30.3 Å². The maximum absolute atomic E-state index is 12.5. The van der Waals surface area contributed by atoms with E-state index >= 15 is 0 Å². The van der Waals surface area contributed by atoms with Gasteiger partial charge in [0.05, 0.1) is 10.6 Å². The van der Waals surface area contributed by atoms with Gasteiger partial charge in [-0.25, -0.2) is 13.1 Å². The molecule has 150 valence electrons. The molecule has 30 heavy (non-hydrogen) atoms. The first kappa shape index (κ1) is 19.4. The fourth-order valence-electron chi connectivity index (χ4n) is 2.81. The first-order valence-corrected chi connectivity index (χ1v) is 10.6. The second-order valence-electron chi connectivity index (χ2n) is 6.43. The van der Waals surface area contributed by atoms with Gasteiger partial charge in [-0.1, -0.05) is 36.4 Å². The zero-order valence-electron chi connectivity index (χ0n) is 15.8. The lowest BCUT2D eigenvalue weighted by Gasteiger charge is -2.09. The van der Waals surface area contributed by atoms with E-state index in [1.54, 1.807) is 47.3 Å². The fraction of sp³-hybridized carbons (Fsp3) is 0. The van der Waals surface area contributed by atoms with Gasteiger partial charge in [0, 0.05) is 23.5 Å². The van der Waals surface area contributed by atoms with Crippen LogP contribution in [0.15, 0.2) is 102 Å². The number of para-hydroxylation sites is 1. The number of benzene rings is 3. The average molecular weight is 418 g/mol. The van der Waals surface area contributed by atoms with Crippen LogP contribution < -0.4 is 10.0 Å². The van der Waals surface area contributed by atoms with Crippen LogP contribution in [0.2, 0.25) is 0 Å². The lowest BCUT2D eigenvalue weighted by molar-refractivity contribution is 0.102. The molecule has 2 N–H and O–H groups in total. The molecule has 0 radical (unpaired) electrons. The van der Waals surface area contributed by atoms with Gasteiger partial charge in [0.15, 0.2) is 5.82 Å². The highest BCUT2D eigenvalue weighted by Crippen LogP contribution is 2.17. The Morgan fingerprint density at radius 3 is 2.10 bits per heavy atom. The molecular weight excluding hydrogens is 400 g/mol. The first-order valence-electron chi connectivity index (χ1n) is 9.12. The molecular formula is C22H18N4O3S. The van der Waals surface area contributed by atoms with Gasteiger partial charge in [-0.2, -0.15) is 5.10 Å². The van der Waals surface area contributed by atoms with E-state index in [1.165, 1.54) is 24.3 Å². The summed E-state index contributed by atoms with van der Waals surface area (Å²) in [5.41, 5.74) is 1.63. The van der Waals surface area contributed by atoms with Crippen LogP contribution in [0.1, 0.15) is 10.4 Å². The van der Waals surface area contributed by atoms with E-state index in [-0.39, 0.29) is 10.8 Å². The molecule has 0 saturated heterocycles. The predicted octanol–water partition coefficient (Wildman–Crippen LogP) is 3.93. The lowest BCUT2D eigenvalue weighted by Crippen LogP contribution is -2.14. The molecule has 1 aromatic heterocycles. The normalized spacial score (nSPS) is 11.1. The van der Waals surface area contributed by atoms with Gasteiger partial charge in [-0.15, -0.1) is 0 Å². The zero-order chi connectivity index (χ0) is 21.0. The molecule has 0 bridgehead atoms. The summed E-state index contributed by atoms with van der Waals surface area (Å²) in [6.07, 6.45) is 1.76. The highest BCUT2D eigenvalue weighted by Gasteiger charge is 2.14. The number of nitrogens with one attached hydrogen (secondary N) is 2. The Kier molecular flexibility index (Phi) is 5.32. The quantitative estimate of drug-likeness (QED) is 0.496. The van der Waals surface area contributed by atoms with E-state index in [0.29, 0.717) is 17.1 Å². The third-order valence-corrected chi connectivity index (χ3v) is 5.70. The molecule has 4 rings (SSSR count). The van der Waals surface area contributed by atoms with Crippen LogP contribution in [-0.2, 0) is 10.0 Å². The van der Waals surface area contributed by atoms with Crippen molar-refractivity contribution >= 4 is 27.4 Å². The third kappa shape index (κ3) is 4.39. The Morgan fingerprint density at radius 1 is 0.800 bits per heavy atom. The summed E-state index contributed by atoms with van der Waals surface area (Å²) in [7, 11) is -3.68. The highest BCUT2D eigenvalue weighted by atomic mass is 32.2. The smallest absolute Gasteiger partial charge is 0.261 e. The Labute approximate surface area is 174 Å². The van der Waals surface area contributed by atoms with Crippen LogP contribution >= 0.6 is 0 Å². The first-order chi connectivity index (χ1) is 14.5. The fourth-order valence-corrected chi connectivity index (χ4v) is 3.89. The van der Waals surface area contributed by atoms with Crippen molar-refractivity contribution in [1.82, 2.24) is 9.78 Å². The average Bonchev–Trinajstić information content (AvgIpc) is 3.24. The van der Waals surface area contributed by atoms with E-state index in [9.17, 15) is 13.2 Å². The minimum Gasteiger partial charge on any atom is -0.305 e. The Hall–Kier alpha value is -3.91. The van der Waals surface area contributed by atoms with E-state index in [4.69, 9.17) is 0 Å². The van der Waals surface area contributed by atoms with Gasteiger partial charge in [-0.3, -0.25) is 9.52 Å². The standard InChI is InChI=1S/C22H18N4O3S/c27-22(23-21-15-16-26(24-21)19-7-3-1-4-8-19)17-11-13-18(14-12-17)25-30(28,29)20-9-5-2-6-10-20/h1-16,25H,(H,23,24,27). The Bertz CT molecular complexity index is 1250. The molecule has 0 aliphatic rings. The van der Waals surface area contributed by atoms with Gasteiger partial charge in [0.2, 0.25) is 0 Å². The summed E-state index contributed by atoms with van der Waals surface area (Å²) >= 11 is 0. The number of amides is 1.